The number of ether oxygens (including phenoxy) is 1. The van der Waals surface area contributed by atoms with E-state index in [0.29, 0.717) is 11.3 Å². The number of methoxy groups -OCH3 is 1. The predicted octanol–water partition coefficient (Wildman–Crippen LogP) is 4.23. The van der Waals surface area contributed by atoms with E-state index in [2.05, 4.69) is 39.8 Å². The molecular formula is C14H22O. The Balaban J connectivity index is 2.86. The predicted molar refractivity (Wildman–Crippen MR) is 65.5 cm³/mol. The van der Waals surface area contributed by atoms with Gasteiger partial charge in [-0.05, 0) is 29.4 Å². The van der Waals surface area contributed by atoms with E-state index in [1.54, 1.807) is 7.11 Å². The number of para-hydroxylation sites is 1. The second kappa shape index (κ2) is 4.69. The first-order valence-corrected chi connectivity index (χ1v) is 5.57. The van der Waals surface area contributed by atoms with Crippen molar-refractivity contribution >= 4 is 0 Å². The summed E-state index contributed by atoms with van der Waals surface area (Å²) < 4.78 is 5.38. The lowest BCUT2D eigenvalue weighted by atomic mass is 9.82. The first-order chi connectivity index (χ1) is 6.94. The number of hydrogen-bond donors (Lipinski definition) is 0. The van der Waals surface area contributed by atoms with Crippen LogP contribution in [0.3, 0.4) is 0 Å². The van der Waals surface area contributed by atoms with E-state index in [-0.39, 0.29) is 0 Å². The second-order valence-corrected chi connectivity index (χ2v) is 5.41. The van der Waals surface area contributed by atoms with Gasteiger partial charge in [0.1, 0.15) is 5.75 Å². The van der Waals surface area contributed by atoms with Crippen LogP contribution in [-0.4, -0.2) is 7.11 Å². The summed E-state index contributed by atoms with van der Waals surface area (Å²) in [6, 6.07) is 8.30. The maximum atomic E-state index is 5.38. The summed E-state index contributed by atoms with van der Waals surface area (Å²) in [6.45, 7) is 9.10. The molecule has 0 spiro atoms. The fourth-order valence-corrected chi connectivity index (χ4v) is 2.10. The van der Waals surface area contributed by atoms with E-state index in [1.165, 1.54) is 12.0 Å². The van der Waals surface area contributed by atoms with Crippen molar-refractivity contribution in [2.45, 2.75) is 40.0 Å². The lowest BCUT2D eigenvalue weighted by molar-refractivity contribution is 0.340. The second-order valence-electron chi connectivity index (χ2n) is 5.41. The Labute approximate surface area is 93.5 Å². The van der Waals surface area contributed by atoms with Gasteiger partial charge in [0.25, 0.3) is 0 Å². The first-order valence-electron chi connectivity index (χ1n) is 5.57. The Bertz CT molecular complexity index is 309. The molecule has 0 aliphatic carbocycles. The van der Waals surface area contributed by atoms with E-state index in [0.717, 1.165) is 5.75 Å². The highest BCUT2D eigenvalue weighted by Gasteiger charge is 2.18. The van der Waals surface area contributed by atoms with Crippen LogP contribution in [0.25, 0.3) is 0 Å². The van der Waals surface area contributed by atoms with Crippen molar-refractivity contribution in [2.75, 3.05) is 7.11 Å². The van der Waals surface area contributed by atoms with Crippen molar-refractivity contribution in [3.63, 3.8) is 0 Å². The van der Waals surface area contributed by atoms with Crippen LogP contribution < -0.4 is 4.74 Å². The number of rotatable bonds is 3. The van der Waals surface area contributed by atoms with Crippen LogP contribution >= 0.6 is 0 Å². The van der Waals surface area contributed by atoms with Gasteiger partial charge in [0, 0.05) is 0 Å². The van der Waals surface area contributed by atoms with E-state index < -0.39 is 0 Å². The molecule has 84 valence electrons. The van der Waals surface area contributed by atoms with Crippen LogP contribution in [0.5, 0.6) is 5.75 Å². The van der Waals surface area contributed by atoms with Crippen LogP contribution in [0, 0.1) is 5.41 Å². The molecule has 0 bridgehead atoms. The van der Waals surface area contributed by atoms with Gasteiger partial charge in [0.2, 0.25) is 0 Å². The molecule has 1 aromatic rings. The SMILES string of the molecule is COc1ccccc1[C@H](C)CC(C)(C)C. The zero-order valence-electron chi connectivity index (χ0n) is 10.5. The van der Waals surface area contributed by atoms with E-state index in [9.17, 15) is 0 Å². The van der Waals surface area contributed by atoms with E-state index >= 15 is 0 Å². The van der Waals surface area contributed by atoms with Crippen molar-refractivity contribution in [3.8, 4) is 5.75 Å². The summed E-state index contributed by atoms with van der Waals surface area (Å²) in [6.07, 6.45) is 1.17. The molecule has 1 nitrogen and oxygen atoms in total. The average Bonchev–Trinajstić information content (AvgIpc) is 2.15. The van der Waals surface area contributed by atoms with Gasteiger partial charge in [-0.1, -0.05) is 45.9 Å². The van der Waals surface area contributed by atoms with Gasteiger partial charge in [-0.15, -0.1) is 0 Å². The van der Waals surface area contributed by atoms with Gasteiger partial charge in [-0.25, -0.2) is 0 Å². The van der Waals surface area contributed by atoms with Crippen molar-refractivity contribution < 1.29 is 4.74 Å². The van der Waals surface area contributed by atoms with Crippen LogP contribution in [0.2, 0.25) is 0 Å². The lowest BCUT2D eigenvalue weighted by Gasteiger charge is -2.24. The molecule has 0 fully saturated rings. The Hall–Kier alpha value is -0.980. The largest absolute Gasteiger partial charge is 0.496 e. The average molecular weight is 206 g/mol. The topological polar surface area (TPSA) is 9.23 Å². The summed E-state index contributed by atoms with van der Waals surface area (Å²) in [5.41, 5.74) is 1.68. The smallest absolute Gasteiger partial charge is 0.122 e. The molecular weight excluding hydrogens is 184 g/mol. The zero-order valence-corrected chi connectivity index (χ0v) is 10.5. The molecule has 1 atom stereocenters. The van der Waals surface area contributed by atoms with Crippen LogP contribution in [-0.2, 0) is 0 Å². The Morgan fingerprint density at radius 1 is 1.20 bits per heavy atom. The molecule has 0 aromatic heterocycles. The molecule has 0 saturated carbocycles. The molecule has 0 saturated heterocycles. The molecule has 0 amide bonds. The number of benzene rings is 1. The third-order valence-corrected chi connectivity index (χ3v) is 2.59. The van der Waals surface area contributed by atoms with Gasteiger partial charge in [0.15, 0.2) is 0 Å². The van der Waals surface area contributed by atoms with Crippen LogP contribution in [0.4, 0.5) is 0 Å². The van der Waals surface area contributed by atoms with Gasteiger partial charge in [-0.2, -0.15) is 0 Å². The molecule has 0 aliphatic rings. The molecule has 0 aliphatic heterocycles. The standard InChI is InChI=1S/C14H22O/c1-11(10-14(2,3)4)12-8-6-7-9-13(12)15-5/h6-9,11H,10H2,1-5H3/t11-/m1/s1. The monoisotopic (exact) mass is 206 g/mol. The summed E-state index contributed by atoms with van der Waals surface area (Å²) in [5.74, 6) is 1.55. The van der Waals surface area contributed by atoms with Gasteiger partial charge in [0.05, 0.1) is 7.11 Å². The van der Waals surface area contributed by atoms with Crippen molar-refractivity contribution in [1.29, 1.82) is 0 Å². The molecule has 0 N–H and O–H groups in total. The normalized spacial score (nSPS) is 13.7. The van der Waals surface area contributed by atoms with Gasteiger partial charge >= 0.3 is 0 Å². The molecule has 0 radical (unpaired) electrons. The van der Waals surface area contributed by atoms with E-state index in [4.69, 9.17) is 4.74 Å². The third-order valence-electron chi connectivity index (χ3n) is 2.59. The number of hydrogen-bond acceptors (Lipinski definition) is 1. The molecule has 0 unspecified atom stereocenters. The molecule has 1 rings (SSSR count). The minimum Gasteiger partial charge on any atom is -0.496 e. The summed E-state index contributed by atoms with van der Waals surface area (Å²) in [5, 5.41) is 0. The fourth-order valence-electron chi connectivity index (χ4n) is 2.10. The maximum absolute atomic E-state index is 5.38. The Morgan fingerprint density at radius 3 is 2.33 bits per heavy atom. The van der Waals surface area contributed by atoms with Crippen molar-refractivity contribution in [2.24, 2.45) is 5.41 Å². The lowest BCUT2D eigenvalue weighted by Crippen LogP contribution is -2.10. The van der Waals surface area contributed by atoms with Gasteiger partial charge in [-0.3, -0.25) is 0 Å². The van der Waals surface area contributed by atoms with Crippen LogP contribution in [0.15, 0.2) is 24.3 Å². The Morgan fingerprint density at radius 2 is 1.80 bits per heavy atom. The Kier molecular flexibility index (Phi) is 3.78. The third kappa shape index (κ3) is 3.58. The molecule has 1 aromatic carbocycles. The van der Waals surface area contributed by atoms with E-state index in [1.807, 2.05) is 12.1 Å². The molecule has 1 heteroatoms. The summed E-state index contributed by atoms with van der Waals surface area (Å²) >= 11 is 0. The minimum absolute atomic E-state index is 0.361. The highest BCUT2D eigenvalue weighted by molar-refractivity contribution is 5.35. The zero-order chi connectivity index (χ0) is 11.5. The quantitative estimate of drug-likeness (QED) is 0.719. The minimum atomic E-state index is 0.361. The first kappa shape index (κ1) is 12.1. The highest BCUT2D eigenvalue weighted by atomic mass is 16.5. The van der Waals surface area contributed by atoms with Gasteiger partial charge < -0.3 is 4.74 Å². The molecule has 15 heavy (non-hydrogen) atoms. The van der Waals surface area contributed by atoms with Crippen LogP contribution in [0.1, 0.15) is 45.6 Å². The highest BCUT2D eigenvalue weighted by Crippen LogP contribution is 2.34. The maximum Gasteiger partial charge on any atom is 0.122 e. The summed E-state index contributed by atoms with van der Waals surface area (Å²) in [4.78, 5) is 0. The van der Waals surface area contributed by atoms with Crippen molar-refractivity contribution in [3.05, 3.63) is 29.8 Å². The fraction of sp³-hybridized carbons (Fsp3) is 0.571. The van der Waals surface area contributed by atoms with Crippen molar-refractivity contribution in [1.82, 2.24) is 0 Å². The molecule has 0 heterocycles. The summed E-state index contributed by atoms with van der Waals surface area (Å²) in [7, 11) is 1.74.